The number of urea groups is 1. The molecule has 5 heteroatoms. The molecule has 0 bridgehead atoms. The first-order valence-corrected chi connectivity index (χ1v) is 6.49. The smallest absolute Gasteiger partial charge is 0.319 e. The average molecular weight is 274 g/mol. The predicted octanol–water partition coefficient (Wildman–Crippen LogP) is 1.59. The number of terminal acetylenes is 1. The Hall–Kier alpha value is -2.19. The van der Waals surface area contributed by atoms with Crippen LogP contribution < -0.4 is 15.4 Å². The van der Waals surface area contributed by atoms with E-state index in [1.54, 1.807) is 24.3 Å². The number of hydrogen-bond donors (Lipinski definition) is 3. The molecule has 0 unspecified atom stereocenters. The van der Waals surface area contributed by atoms with Crippen molar-refractivity contribution < 1.29 is 14.6 Å². The van der Waals surface area contributed by atoms with Crippen molar-refractivity contribution in [2.45, 2.75) is 12.8 Å². The Kier molecular flexibility index (Phi) is 4.49. The lowest BCUT2D eigenvalue weighted by atomic mass is 10.1. The van der Waals surface area contributed by atoms with Gasteiger partial charge in [0.05, 0.1) is 6.61 Å². The van der Waals surface area contributed by atoms with Gasteiger partial charge in [0.1, 0.15) is 12.4 Å². The number of rotatable bonds is 6. The topological polar surface area (TPSA) is 70.6 Å². The lowest BCUT2D eigenvalue weighted by Gasteiger charge is -2.13. The lowest BCUT2D eigenvalue weighted by Crippen LogP contribution is -2.35. The summed E-state index contributed by atoms with van der Waals surface area (Å²) in [5.41, 5.74) is 0.528. The molecule has 0 radical (unpaired) electrons. The Bertz CT molecular complexity index is 518. The molecular formula is C15H18N2O3. The molecule has 106 valence electrons. The molecule has 20 heavy (non-hydrogen) atoms. The molecular weight excluding hydrogens is 256 g/mol. The van der Waals surface area contributed by atoms with E-state index in [0.717, 1.165) is 12.8 Å². The number of aliphatic hydroxyl groups excluding tert-OH is 1. The zero-order valence-corrected chi connectivity index (χ0v) is 11.2. The van der Waals surface area contributed by atoms with E-state index in [-0.39, 0.29) is 24.7 Å². The molecule has 2 rings (SSSR count). The van der Waals surface area contributed by atoms with Gasteiger partial charge in [-0.25, -0.2) is 4.79 Å². The molecule has 1 aliphatic rings. The van der Waals surface area contributed by atoms with E-state index in [9.17, 15) is 9.90 Å². The Morgan fingerprint density at radius 2 is 2.30 bits per heavy atom. The molecule has 1 fully saturated rings. The van der Waals surface area contributed by atoms with Crippen LogP contribution in [-0.4, -0.2) is 30.9 Å². The van der Waals surface area contributed by atoms with Crippen molar-refractivity contribution in [3.8, 4) is 18.1 Å². The summed E-state index contributed by atoms with van der Waals surface area (Å²) in [5, 5.41) is 14.7. The first-order valence-electron chi connectivity index (χ1n) is 6.49. The molecule has 0 heterocycles. The molecule has 0 saturated heterocycles. The molecule has 1 aromatic carbocycles. The van der Waals surface area contributed by atoms with Crippen molar-refractivity contribution >= 4 is 11.7 Å². The molecule has 1 aromatic rings. The number of aliphatic hydroxyl groups is 1. The van der Waals surface area contributed by atoms with Crippen LogP contribution in [0.3, 0.4) is 0 Å². The number of benzene rings is 1. The van der Waals surface area contributed by atoms with Gasteiger partial charge >= 0.3 is 6.03 Å². The molecule has 0 aromatic heterocycles. The van der Waals surface area contributed by atoms with Gasteiger partial charge in [0.15, 0.2) is 0 Å². The molecule has 2 amide bonds. The van der Waals surface area contributed by atoms with E-state index < -0.39 is 0 Å². The number of nitrogens with one attached hydrogen (secondary N) is 2. The van der Waals surface area contributed by atoms with Gasteiger partial charge in [-0.2, -0.15) is 0 Å². The average Bonchev–Trinajstić information content (AvgIpc) is 3.24. The Labute approximate surface area is 118 Å². The molecule has 0 atom stereocenters. The predicted molar refractivity (Wildman–Crippen MR) is 76.5 cm³/mol. The van der Waals surface area contributed by atoms with Gasteiger partial charge in [-0.15, -0.1) is 6.42 Å². The largest absolute Gasteiger partial charge is 0.481 e. The molecule has 0 aliphatic heterocycles. The quantitative estimate of drug-likeness (QED) is 0.690. The fourth-order valence-corrected chi connectivity index (χ4v) is 1.80. The van der Waals surface area contributed by atoms with Gasteiger partial charge in [0.2, 0.25) is 0 Å². The summed E-state index contributed by atoms with van der Waals surface area (Å²) in [5.74, 6) is 2.99. The standard InChI is InChI=1S/C15H18N2O3/c1-2-8-20-13-5-3-4-12(9-13)17-14(19)16-10-15(11-18)6-7-15/h1,3-5,9,18H,6-8,10-11H2,(H2,16,17,19). The van der Waals surface area contributed by atoms with Gasteiger partial charge < -0.3 is 20.5 Å². The summed E-state index contributed by atoms with van der Waals surface area (Å²) >= 11 is 0. The van der Waals surface area contributed by atoms with Crippen molar-refractivity contribution in [2.75, 3.05) is 25.1 Å². The van der Waals surface area contributed by atoms with Crippen molar-refractivity contribution in [2.24, 2.45) is 5.41 Å². The van der Waals surface area contributed by atoms with Gasteiger partial charge in [-0.05, 0) is 25.0 Å². The van der Waals surface area contributed by atoms with E-state index in [1.807, 2.05) is 0 Å². The highest BCUT2D eigenvalue weighted by molar-refractivity contribution is 5.89. The molecule has 1 aliphatic carbocycles. The molecule has 3 N–H and O–H groups in total. The highest BCUT2D eigenvalue weighted by Crippen LogP contribution is 2.44. The maximum absolute atomic E-state index is 11.8. The first-order chi connectivity index (χ1) is 9.67. The Morgan fingerprint density at radius 3 is 2.95 bits per heavy atom. The highest BCUT2D eigenvalue weighted by Gasteiger charge is 2.42. The summed E-state index contributed by atoms with van der Waals surface area (Å²) in [7, 11) is 0. The van der Waals surface area contributed by atoms with Crippen LogP contribution >= 0.6 is 0 Å². The maximum atomic E-state index is 11.8. The first kappa shape index (κ1) is 14.2. The minimum absolute atomic E-state index is 0.102. The number of ether oxygens (including phenoxy) is 1. The van der Waals surface area contributed by atoms with Crippen LogP contribution in [0.1, 0.15) is 12.8 Å². The van der Waals surface area contributed by atoms with E-state index in [2.05, 4.69) is 16.6 Å². The second-order valence-electron chi connectivity index (χ2n) is 4.99. The van der Waals surface area contributed by atoms with E-state index in [0.29, 0.717) is 18.0 Å². The fourth-order valence-electron chi connectivity index (χ4n) is 1.80. The Balaban J connectivity index is 1.83. The fraction of sp³-hybridized carbons (Fsp3) is 0.400. The summed E-state index contributed by atoms with van der Waals surface area (Å²) in [4.78, 5) is 11.8. The number of carbonyl (C=O) groups excluding carboxylic acids is 1. The van der Waals surface area contributed by atoms with Crippen LogP contribution in [0, 0.1) is 17.8 Å². The number of anilines is 1. The normalized spacial score (nSPS) is 15.0. The highest BCUT2D eigenvalue weighted by atomic mass is 16.5. The number of hydrogen-bond acceptors (Lipinski definition) is 3. The molecule has 5 nitrogen and oxygen atoms in total. The summed E-state index contributed by atoms with van der Waals surface area (Å²) in [6.45, 7) is 0.792. The maximum Gasteiger partial charge on any atom is 0.319 e. The van der Waals surface area contributed by atoms with Gasteiger partial charge in [-0.3, -0.25) is 0 Å². The minimum Gasteiger partial charge on any atom is -0.481 e. The summed E-state index contributed by atoms with van der Waals surface area (Å²) in [6, 6.07) is 6.72. The minimum atomic E-state index is -0.293. The lowest BCUT2D eigenvalue weighted by molar-refractivity contribution is 0.206. The third-order valence-electron chi connectivity index (χ3n) is 3.33. The van der Waals surface area contributed by atoms with Crippen LogP contribution in [-0.2, 0) is 0 Å². The second kappa shape index (κ2) is 6.31. The van der Waals surface area contributed by atoms with Gasteiger partial charge in [0, 0.05) is 23.7 Å². The summed E-state index contributed by atoms with van der Waals surface area (Å²) < 4.78 is 5.28. The number of amides is 2. The zero-order valence-electron chi connectivity index (χ0n) is 11.2. The van der Waals surface area contributed by atoms with Crippen molar-refractivity contribution in [3.63, 3.8) is 0 Å². The van der Waals surface area contributed by atoms with Crippen LogP contribution in [0.4, 0.5) is 10.5 Å². The van der Waals surface area contributed by atoms with Crippen LogP contribution in [0.15, 0.2) is 24.3 Å². The number of carbonyl (C=O) groups is 1. The summed E-state index contributed by atoms with van der Waals surface area (Å²) in [6.07, 6.45) is 7.03. The van der Waals surface area contributed by atoms with Crippen molar-refractivity contribution in [1.29, 1.82) is 0 Å². The van der Waals surface area contributed by atoms with Gasteiger partial charge in [0.25, 0.3) is 0 Å². The van der Waals surface area contributed by atoms with E-state index >= 15 is 0 Å². The third-order valence-corrected chi connectivity index (χ3v) is 3.33. The molecule has 0 spiro atoms. The van der Waals surface area contributed by atoms with Crippen LogP contribution in [0.5, 0.6) is 5.75 Å². The zero-order chi connectivity index (χ0) is 14.4. The molecule has 1 saturated carbocycles. The van der Waals surface area contributed by atoms with Gasteiger partial charge in [-0.1, -0.05) is 12.0 Å². The van der Waals surface area contributed by atoms with E-state index in [4.69, 9.17) is 11.2 Å². The third kappa shape index (κ3) is 3.90. The van der Waals surface area contributed by atoms with Crippen LogP contribution in [0.25, 0.3) is 0 Å². The SMILES string of the molecule is C#CCOc1cccc(NC(=O)NCC2(CO)CC2)c1. The monoisotopic (exact) mass is 274 g/mol. The Morgan fingerprint density at radius 1 is 1.50 bits per heavy atom. The van der Waals surface area contributed by atoms with E-state index in [1.165, 1.54) is 0 Å². The second-order valence-corrected chi connectivity index (χ2v) is 4.99. The van der Waals surface area contributed by atoms with Crippen molar-refractivity contribution in [3.05, 3.63) is 24.3 Å². The van der Waals surface area contributed by atoms with Crippen LogP contribution in [0.2, 0.25) is 0 Å². The van der Waals surface area contributed by atoms with Crippen molar-refractivity contribution in [1.82, 2.24) is 5.32 Å².